The number of hydrogen-bond acceptors (Lipinski definition) is 8. The van der Waals surface area contributed by atoms with Crippen molar-refractivity contribution in [2.75, 3.05) is 24.6 Å². The summed E-state index contributed by atoms with van der Waals surface area (Å²) in [6.45, 7) is -1.08. The molecule has 0 aliphatic carbocycles. The lowest BCUT2D eigenvalue weighted by molar-refractivity contribution is -0.202. The average Bonchev–Trinajstić information content (AvgIpc) is 3.30. The van der Waals surface area contributed by atoms with Gasteiger partial charge >= 0.3 is 18.1 Å². The van der Waals surface area contributed by atoms with Gasteiger partial charge in [0.15, 0.2) is 6.61 Å². The fourth-order valence-electron chi connectivity index (χ4n) is 4.50. The summed E-state index contributed by atoms with van der Waals surface area (Å²) in [5.41, 5.74) is 6.34. The van der Waals surface area contributed by atoms with Crippen molar-refractivity contribution in [2.45, 2.75) is 25.2 Å². The molecule has 1 aliphatic rings. The lowest BCUT2D eigenvalue weighted by Gasteiger charge is -2.26. The second-order valence-electron chi connectivity index (χ2n) is 9.30. The van der Waals surface area contributed by atoms with Gasteiger partial charge in [-0.05, 0) is 59.7 Å². The van der Waals surface area contributed by atoms with Gasteiger partial charge in [0.25, 0.3) is 11.3 Å². The minimum atomic E-state index is -5.37. The van der Waals surface area contributed by atoms with Crippen molar-refractivity contribution in [3.8, 4) is 11.5 Å². The molecule has 1 fully saturated rings. The number of amidine groups is 1. The van der Waals surface area contributed by atoms with Crippen molar-refractivity contribution >= 4 is 51.4 Å². The van der Waals surface area contributed by atoms with Crippen molar-refractivity contribution in [3.05, 3.63) is 65.7 Å². The molecule has 16 heteroatoms. The van der Waals surface area contributed by atoms with Crippen LogP contribution >= 0.6 is 0 Å². The Bertz CT molecular complexity index is 1620. The number of carbonyl (C=O) groups excluding carboxylic acids is 3. The first-order chi connectivity index (χ1) is 20.3. The maximum atomic E-state index is 13.5. The number of nitrogens with zero attached hydrogens (tertiary/aromatic N) is 2. The zero-order valence-corrected chi connectivity index (χ0v) is 23.2. The smallest absolute Gasteiger partial charge is 0.491 e. The van der Waals surface area contributed by atoms with E-state index in [0.717, 1.165) is 9.69 Å². The molecule has 43 heavy (non-hydrogen) atoms. The Labute approximate surface area is 245 Å². The number of methoxy groups -OCH3 is 1. The molecule has 0 aromatic heterocycles. The molecule has 1 heterocycles. The van der Waals surface area contributed by atoms with Crippen molar-refractivity contribution in [2.24, 2.45) is 5.73 Å². The largest absolute Gasteiger partial charge is 0.497 e. The number of benzene rings is 3. The number of alkyl halides is 3. The summed E-state index contributed by atoms with van der Waals surface area (Å²) in [5.74, 6) is -4.61. The van der Waals surface area contributed by atoms with Gasteiger partial charge in [-0.3, -0.25) is 19.1 Å². The van der Waals surface area contributed by atoms with Gasteiger partial charge in [0.05, 0.1) is 12.8 Å². The van der Waals surface area contributed by atoms with Crippen molar-refractivity contribution < 1.29 is 50.5 Å². The molecule has 3 aromatic carbocycles. The molecule has 1 aliphatic heterocycles. The molecular formula is C27H25F3N4O8S. The van der Waals surface area contributed by atoms with Crippen LogP contribution in [0.1, 0.15) is 17.5 Å². The van der Waals surface area contributed by atoms with Crippen LogP contribution in [-0.2, 0) is 36.9 Å². The van der Waals surface area contributed by atoms with Crippen LogP contribution in [0.15, 0.2) is 54.6 Å². The monoisotopic (exact) mass is 622 g/mol. The van der Waals surface area contributed by atoms with Gasteiger partial charge in [0.1, 0.15) is 23.4 Å². The summed E-state index contributed by atoms with van der Waals surface area (Å²) >= 11 is -2.58. The highest BCUT2D eigenvalue weighted by Crippen LogP contribution is 2.32. The summed E-state index contributed by atoms with van der Waals surface area (Å²) in [4.78, 5) is 37.5. The van der Waals surface area contributed by atoms with Crippen LogP contribution in [0.4, 0.5) is 18.9 Å². The lowest BCUT2D eigenvalue weighted by Crippen LogP contribution is -2.42. The second-order valence-corrected chi connectivity index (χ2v) is 10.2. The highest BCUT2D eigenvalue weighted by molar-refractivity contribution is 7.80. The fourth-order valence-corrected chi connectivity index (χ4v) is 5.20. The van der Waals surface area contributed by atoms with E-state index >= 15 is 0 Å². The van der Waals surface area contributed by atoms with E-state index in [2.05, 4.69) is 4.74 Å². The topological polar surface area (TPSA) is 173 Å². The van der Waals surface area contributed by atoms with Gasteiger partial charge in [-0.2, -0.15) is 13.2 Å². The molecule has 4 N–H and O–H groups in total. The first-order valence-corrected chi connectivity index (χ1v) is 13.5. The summed E-state index contributed by atoms with van der Waals surface area (Å²) in [5, 5.41) is 9.27. The predicted molar refractivity (Wildman–Crippen MR) is 148 cm³/mol. The number of rotatable bonds is 10. The molecule has 2 unspecified atom stereocenters. The first-order valence-electron chi connectivity index (χ1n) is 12.5. The van der Waals surface area contributed by atoms with Gasteiger partial charge in [-0.15, -0.1) is 0 Å². The number of nitrogens with one attached hydrogen (secondary N) is 1. The van der Waals surface area contributed by atoms with E-state index in [9.17, 15) is 36.3 Å². The number of nitrogens with two attached hydrogens (primary N) is 1. The van der Waals surface area contributed by atoms with Gasteiger partial charge in [-0.25, -0.2) is 13.8 Å². The fraction of sp³-hybridized carbons (Fsp3) is 0.259. The number of anilines is 1. The van der Waals surface area contributed by atoms with Crippen LogP contribution in [0.5, 0.6) is 11.5 Å². The van der Waals surface area contributed by atoms with Crippen LogP contribution < -0.4 is 19.5 Å². The molecule has 3 aromatic rings. The number of hydrogen-bond donors (Lipinski definition) is 3. The molecule has 0 saturated carbocycles. The van der Waals surface area contributed by atoms with E-state index in [4.69, 9.17) is 20.6 Å². The zero-order valence-electron chi connectivity index (χ0n) is 22.4. The van der Waals surface area contributed by atoms with Crippen LogP contribution in [0, 0.1) is 5.41 Å². The molecule has 1 amide bonds. The third-order valence-electron chi connectivity index (χ3n) is 6.52. The molecule has 12 nitrogen and oxygen atoms in total. The molecule has 228 valence electrons. The van der Waals surface area contributed by atoms with E-state index in [1.54, 1.807) is 30.3 Å². The van der Waals surface area contributed by atoms with E-state index in [0.29, 0.717) is 16.8 Å². The number of esters is 2. The normalized spacial score (nSPS) is 15.7. The number of halogens is 3. The average molecular weight is 623 g/mol. The summed E-state index contributed by atoms with van der Waals surface area (Å²) in [7, 11) is 1.51. The highest BCUT2D eigenvalue weighted by Gasteiger charge is 2.42. The summed E-state index contributed by atoms with van der Waals surface area (Å²) in [6.07, 6.45) is -5.21. The second kappa shape index (κ2) is 12.7. The Morgan fingerprint density at radius 1 is 1.14 bits per heavy atom. The number of ether oxygens (including phenoxy) is 3. The zero-order chi connectivity index (χ0) is 31.5. The van der Waals surface area contributed by atoms with E-state index < -0.39 is 47.9 Å². The van der Waals surface area contributed by atoms with Crippen molar-refractivity contribution in [3.63, 3.8) is 0 Å². The number of fused-ring (bicyclic) bond motifs is 1. The number of nitrogen functional groups attached to an aromatic ring is 1. The Balaban J connectivity index is 1.54. The van der Waals surface area contributed by atoms with Gasteiger partial charge < -0.3 is 24.8 Å². The quantitative estimate of drug-likeness (QED) is 0.101. The van der Waals surface area contributed by atoms with Crippen LogP contribution in [-0.4, -0.2) is 69.8 Å². The maximum Gasteiger partial charge on any atom is 0.491 e. The molecular weight excluding hydrogens is 597 g/mol. The number of carbonyl (C=O) groups is 3. The molecule has 0 bridgehead atoms. The van der Waals surface area contributed by atoms with Crippen molar-refractivity contribution in [1.29, 1.82) is 5.41 Å². The van der Waals surface area contributed by atoms with E-state index in [1.807, 2.05) is 6.07 Å². The molecule has 1 saturated heterocycles. The molecule has 0 radical (unpaired) electrons. The maximum absolute atomic E-state index is 13.5. The Morgan fingerprint density at radius 3 is 2.51 bits per heavy atom. The minimum Gasteiger partial charge on any atom is -0.497 e. The summed E-state index contributed by atoms with van der Waals surface area (Å²) < 4.78 is 75.1. The van der Waals surface area contributed by atoms with Gasteiger partial charge in [0, 0.05) is 24.2 Å². The van der Waals surface area contributed by atoms with Crippen molar-refractivity contribution in [1.82, 2.24) is 4.90 Å². The predicted octanol–water partition coefficient (Wildman–Crippen LogP) is 2.89. The Morgan fingerprint density at radius 2 is 1.86 bits per heavy atom. The van der Waals surface area contributed by atoms with Gasteiger partial charge in [-0.1, -0.05) is 12.1 Å². The first kappa shape index (κ1) is 31.2. The minimum absolute atomic E-state index is 0.0521. The van der Waals surface area contributed by atoms with Gasteiger partial charge in [0.2, 0.25) is 5.91 Å². The van der Waals surface area contributed by atoms with Crippen LogP contribution in [0.3, 0.4) is 0 Å². The third kappa shape index (κ3) is 7.21. The standard InChI is InChI=1S/C27H25F3N4O8S/c1-40-20-6-3-15-2-5-19(11-17(15)12-20)34(43(38)39)21-8-9-33(25(21)36)13-18-10-16(24(31)32)4-7-22(18)41-14-23(35)42-26(37)27(28,29)30/h2-7,10-12,21H,8-9,13-14H2,1H3,(H3,31,32)(H,38,39). The third-order valence-corrected chi connectivity index (χ3v) is 7.32. The Hall–Kier alpha value is -4.70. The number of amides is 1. The van der Waals surface area contributed by atoms with E-state index in [-0.39, 0.29) is 42.2 Å². The van der Waals surface area contributed by atoms with E-state index in [1.165, 1.54) is 30.2 Å². The molecule has 0 spiro atoms. The Kier molecular flexibility index (Phi) is 9.20. The highest BCUT2D eigenvalue weighted by atomic mass is 32.2. The lowest BCUT2D eigenvalue weighted by atomic mass is 10.1. The molecule has 4 rings (SSSR count). The number of likely N-dealkylation sites (tertiary alicyclic amines) is 1. The summed E-state index contributed by atoms with van der Waals surface area (Å²) in [6, 6.07) is 13.4. The van der Waals surface area contributed by atoms with Crippen LogP contribution in [0.25, 0.3) is 10.8 Å². The van der Waals surface area contributed by atoms with Crippen LogP contribution in [0.2, 0.25) is 0 Å². The SMILES string of the molecule is COc1ccc2ccc(N(C3CCN(Cc4cc(C(=N)N)ccc4OCC(=O)OC(=O)C(F)(F)F)C3=O)S(=O)O)cc2c1. The molecule has 2 atom stereocenters.